The molecule has 0 aliphatic carbocycles. The molecule has 80 valence electrons. The maximum atomic E-state index is 3.53. The summed E-state index contributed by atoms with van der Waals surface area (Å²) in [7, 11) is 0. The Hall–Kier alpha value is -0.0800. The van der Waals surface area contributed by atoms with E-state index in [9.17, 15) is 0 Å². The van der Waals surface area contributed by atoms with Crippen LogP contribution in [0.3, 0.4) is 0 Å². The molecule has 0 aliphatic heterocycles. The smallest absolute Gasteiger partial charge is 0.0215 e. The van der Waals surface area contributed by atoms with E-state index in [1.807, 2.05) is 0 Å². The molecule has 0 amide bonds. The summed E-state index contributed by atoms with van der Waals surface area (Å²) in [6.45, 7) is 15.4. The second-order valence-electron chi connectivity index (χ2n) is 5.04. The Kier molecular flexibility index (Phi) is 5.57. The van der Waals surface area contributed by atoms with Gasteiger partial charge in [0.15, 0.2) is 0 Å². The van der Waals surface area contributed by atoms with Gasteiger partial charge in [-0.1, -0.05) is 20.8 Å². The monoisotopic (exact) mass is 186 g/mol. The highest BCUT2D eigenvalue weighted by atomic mass is 15.0. The van der Waals surface area contributed by atoms with Crippen molar-refractivity contribution in [2.45, 2.75) is 53.1 Å². The predicted octanol–water partition coefficient (Wildman–Crippen LogP) is 2.01. The lowest BCUT2D eigenvalue weighted by Crippen LogP contribution is -2.48. The van der Waals surface area contributed by atoms with Gasteiger partial charge in [-0.15, -0.1) is 0 Å². The fourth-order valence-electron chi connectivity index (χ4n) is 1.22. The Morgan fingerprint density at radius 1 is 1.15 bits per heavy atom. The molecule has 0 bridgehead atoms. The molecule has 0 spiro atoms. The van der Waals surface area contributed by atoms with E-state index in [4.69, 9.17) is 0 Å². The van der Waals surface area contributed by atoms with Gasteiger partial charge >= 0.3 is 0 Å². The van der Waals surface area contributed by atoms with Crippen molar-refractivity contribution in [1.82, 2.24) is 10.6 Å². The highest BCUT2D eigenvalue weighted by Crippen LogP contribution is 2.03. The van der Waals surface area contributed by atoms with Crippen LogP contribution in [0, 0.1) is 5.92 Å². The van der Waals surface area contributed by atoms with Gasteiger partial charge in [0, 0.05) is 18.1 Å². The molecule has 0 fully saturated rings. The molecule has 1 unspecified atom stereocenters. The minimum absolute atomic E-state index is 0.225. The SMILES string of the molecule is CCNC(CNC(C)(C)C)C(C)C. The molecule has 0 radical (unpaired) electrons. The van der Waals surface area contributed by atoms with Crippen LogP contribution in [0.4, 0.5) is 0 Å². The third-order valence-corrected chi connectivity index (χ3v) is 2.12. The second kappa shape index (κ2) is 5.61. The van der Waals surface area contributed by atoms with E-state index < -0.39 is 0 Å². The Morgan fingerprint density at radius 3 is 2.00 bits per heavy atom. The first-order valence-electron chi connectivity index (χ1n) is 5.35. The third kappa shape index (κ3) is 7.03. The van der Waals surface area contributed by atoms with Crippen LogP contribution in [0.1, 0.15) is 41.5 Å². The Balaban J connectivity index is 3.82. The summed E-state index contributed by atoms with van der Waals surface area (Å²) < 4.78 is 0. The van der Waals surface area contributed by atoms with Crippen molar-refractivity contribution in [2.75, 3.05) is 13.1 Å². The highest BCUT2D eigenvalue weighted by Gasteiger charge is 2.15. The van der Waals surface area contributed by atoms with Crippen LogP contribution in [0.15, 0.2) is 0 Å². The molecule has 0 aromatic rings. The molecule has 13 heavy (non-hydrogen) atoms. The van der Waals surface area contributed by atoms with E-state index in [1.54, 1.807) is 0 Å². The Morgan fingerprint density at radius 2 is 1.69 bits per heavy atom. The van der Waals surface area contributed by atoms with Crippen LogP contribution in [0.2, 0.25) is 0 Å². The van der Waals surface area contributed by atoms with Crippen LogP contribution in [0.25, 0.3) is 0 Å². The molecular weight excluding hydrogens is 160 g/mol. The van der Waals surface area contributed by atoms with Gasteiger partial charge in [0.25, 0.3) is 0 Å². The van der Waals surface area contributed by atoms with Crippen molar-refractivity contribution >= 4 is 0 Å². The Bertz CT molecular complexity index is 125. The number of hydrogen-bond donors (Lipinski definition) is 2. The number of nitrogens with one attached hydrogen (secondary N) is 2. The summed E-state index contributed by atoms with van der Waals surface area (Å²) in [6.07, 6.45) is 0. The fraction of sp³-hybridized carbons (Fsp3) is 1.00. The summed E-state index contributed by atoms with van der Waals surface area (Å²) in [4.78, 5) is 0. The molecule has 0 aromatic heterocycles. The zero-order chi connectivity index (χ0) is 10.5. The number of likely N-dealkylation sites (N-methyl/N-ethyl adjacent to an activating group) is 1. The normalized spacial score (nSPS) is 15.0. The van der Waals surface area contributed by atoms with Gasteiger partial charge in [-0.05, 0) is 33.2 Å². The lowest BCUT2D eigenvalue weighted by Gasteiger charge is -2.28. The van der Waals surface area contributed by atoms with Crippen molar-refractivity contribution in [2.24, 2.45) is 5.92 Å². The average molecular weight is 186 g/mol. The van der Waals surface area contributed by atoms with Crippen molar-refractivity contribution < 1.29 is 0 Å². The first-order chi connectivity index (χ1) is 5.87. The molecule has 0 aliphatic rings. The summed E-state index contributed by atoms with van der Waals surface area (Å²) in [5.41, 5.74) is 0.225. The molecule has 2 nitrogen and oxygen atoms in total. The van der Waals surface area contributed by atoms with E-state index in [0.29, 0.717) is 12.0 Å². The van der Waals surface area contributed by atoms with Gasteiger partial charge in [-0.25, -0.2) is 0 Å². The minimum atomic E-state index is 0.225. The maximum absolute atomic E-state index is 3.53. The molecule has 1 atom stereocenters. The number of hydrogen-bond acceptors (Lipinski definition) is 2. The van der Waals surface area contributed by atoms with Gasteiger partial charge < -0.3 is 10.6 Å². The molecule has 0 saturated heterocycles. The van der Waals surface area contributed by atoms with Crippen LogP contribution < -0.4 is 10.6 Å². The van der Waals surface area contributed by atoms with Crippen LogP contribution in [-0.2, 0) is 0 Å². The van der Waals surface area contributed by atoms with Crippen molar-refractivity contribution in [3.05, 3.63) is 0 Å². The first-order valence-corrected chi connectivity index (χ1v) is 5.35. The van der Waals surface area contributed by atoms with Gasteiger partial charge in [0.05, 0.1) is 0 Å². The second-order valence-corrected chi connectivity index (χ2v) is 5.04. The molecular formula is C11H26N2. The molecule has 2 N–H and O–H groups in total. The van der Waals surface area contributed by atoms with E-state index >= 15 is 0 Å². The summed E-state index contributed by atoms with van der Waals surface area (Å²) >= 11 is 0. The standard InChI is InChI=1S/C11H26N2/c1-7-12-10(9(2)3)8-13-11(4,5)6/h9-10,12-13H,7-8H2,1-6H3. The molecule has 0 saturated carbocycles. The van der Waals surface area contributed by atoms with Crippen LogP contribution in [-0.4, -0.2) is 24.7 Å². The summed E-state index contributed by atoms with van der Waals surface area (Å²) in [5, 5.41) is 7.02. The van der Waals surface area contributed by atoms with Crippen molar-refractivity contribution in [3.63, 3.8) is 0 Å². The lowest BCUT2D eigenvalue weighted by atomic mass is 10.0. The van der Waals surface area contributed by atoms with Gasteiger partial charge in [0.1, 0.15) is 0 Å². The predicted molar refractivity (Wildman–Crippen MR) is 60.1 cm³/mol. The molecule has 0 heterocycles. The fourth-order valence-corrected chi connectivity index (χ4v) is 1.22. The first kappa shape index (κ1) is 12.9. The van der Waals surface area contributed by atoms with Gasteiger partial charge in [0.2, 0.25) is 0 Å². The lowest BCUT2D eigenvalue weighted by molar-refractivity contribution is 0.334. The van der Waals surface area contributed by atoms with E-state index in [-0.39, 0.29) is 5.54 Å². The largest absolute Gasteiger partial charge is 0.313 e. The van der Waals surface area contributed by atoms with Crippen molar-refractivity contribution in [1.29, 1.82) is 0 Å². The van der Waals surface area contributed by atoms with Crippen LogP contribution in [0.5, 0.6) is 0 Å². The zero-order valence-electron chi connectivity index (χ0n) is 10.1. The quantitative estimate of drug-likeness (QED) is 0.686. The van der Waals surface area contributed by atoms with Gasteiger partial charge in [-0.3, -0.25) is 0 Å². The average Bonchev–Trinajstić information content (AvgIpc) is 1.95. The Labute approximate surface area is 83.5 Å². The maximum Gasteiger partial charge on any atom is 0.0215 e. The third-order valence-electron chi connectivity index (χ3n) is 2.12. The van der Waals surface area contributed by atoms with Gasteiger partial charge in [-0.2, -0.15) is 0 Å². The van der Waals surface area contributed by atoms with E-state index in [2.05, 4.69) is 52.2 Å². The van der Waals surface area contributed by atoms with Crippen LogP contribution >= 0.6 is 0 Å². The summed E-state index contributed by atoms with van der Waals surface area (Å²) in [5.74, 6) is 0.690. The zero-order valence-corrected chi connectivity index (χ0v) is 10.1. The molecule has 2 heteroatoms. The molecule has 0 rings (SSSR count). The summed E-state index contributed by atoms with van der Waals surface area (Å²) in [6, 6.07) is 0.587. The van der Waals surface area contributed by atoms with E-state index in [1.165, 1.54) is 0 Å². The van der Waals surface area contributed by atoms with Crippen molar-refractivity contribution in [3.8, 4) is 0 Å². The topological polar surface area (TPSA) is 24.1 Å². The minimum Gasteiger partial charge on any atom is -0.313 e. The highest BCUT2D eigenvalue weighted by molar-refractivity contribution is 4.78. The van der Waals surface area contributed by atoms with E-state index in [0.717, 1.165) is 13.1 Å². The number of rotatable bonds is 5. The molecule has 0 aromatic carbocycles.